The molecule has 88 valence electrons. The minimum atomic E-state index is 0.102. The summed E-state index contributed by atoms with van der Waals surface area (Å²) in [5.74, 6) is 0. The molecule has 0 aromatic rings. The van der Waals surface area contributed by atoms with Gasteiger partial charge in [0.15, 0.2) is 6.29 Å². The summed E-state index contributed by atoms with van der Waals surface area (Å²) in [7, 11) is 0. The van der Waals surface area contributed by atoms with E-state index in [1.54, 1.807) is 0 Å². The molecule has 0 unspecified atom stereocenters. The Kier molecular flexibility index (Phi) is 7.58. The fourth-order valence-corrected chi connectivity index (χ4v) is 1.79. The van der Waals surface area contributed by atoms with Crippen LogP contribution in [0.4, 0.5) is 0 Å². The molecule has 0 aromatic carbocycles. The van der Waals surface area contributed by atoms with Crippen molar-refractivity contribution in [2.24, 2.45) is 0 Å². The molecule has 0 saturated carbocycles. The first-order chi connectivity index (χ1) is 7.43. The molecular formula is C13H24O2. The van der Waals surface area contributed by atoms with Crippen molar-refractivity contribution in [3.05, 3.63) is 12.2 Å². The van der Waals surface area contributed by atoms with Crippen molar-refractivity contribution in [3.63, 3.8) is 0 Å². The Morgan fingerprint density at radius 1 is 1.00 bits per heavy atom. The van der Waals surface area contributed by atoms with E-state index in [1.165, 1.54) is 32.1 Å². The Balaban J connectivity index is 1.78. The van der Waals surface area contributed by atoms with Gasteiger partial charge in [-0.3, -0.25) is 0 Å². The monoisotopic (exact) mass is 212 g/mol. The van der Waals surface area contributed by atoms with Crippen LogP contribution in [0.15, 0.2) is 12.2 Å². The van der Waals surface area contributed by atoms with E-state index in [0.717, 1.165) is 26.1 Å². The standard InChI is InChI=1S/C13H24O2/c1-2-3-4-5-6-7-8-9-10-13-14-11-12-15-13/h3-4,13H,2,5-12H2,1H3/b4-3-. The summed E-state index contributed by atoms with van der Waals surface area (Å²) in [6, 6.07) is 0. The van der Waals surface area contributed by atoms with E-state index in [9.17, 15) is 0 Å². The maximum atomic E-state index is 5.38. The molecule has 0 N–H and O–H groups in total. The van der Waals surface area contributed by atoms with Gasteiger partial charge in [0.05, 0.1) is 13.2 Å². The van der Waals surface area contributed by atoms with Crippen molar-refractivity contribution >= 4 is 0 Å². The molecule has 0 spiro atoms. The molecule has 0 amide bonds. The summed E-state index contributed by atoms with van der Waals surface area (Å²) in [6.45, 7) is 3.75. The minimum Gasteiger partial charge on any atom is -0.350 e. The highest BCUT2D eigenvalue weighted by Crippen LogP contribution is 2.13. The third-order valence-corrected chi connectivity index (χ3v) is 2.65. The quantitative estimate of drug-likeness (QED) is 0.451. The molecule has 1 fully saturated rings. The van der Waals surface area contributed by atoms with Gasteiger partial charge in [-0.15, -0.1) is 0 Å². The Hall–Kier alpha value is -0.340. The van der Waals surface area contributed by atoms with Gasteiger partial charge in [-0.05, 0) is 32.1 Å². The van der Waals surface area contributed by atoms with E-state index < -0.39 is 0 Å². The van der Waals surface area contributed by atoms with Crippen LogP contribution >= 0.6 is 0 Å². The normalized spacial score (nSPS) is 17.9. The van der Waals surface area contributed by atoms with E-state index in [2.05, 4.69) is 19.1 Å². The lowest BCUT2D eigenvalue weighted by molar-refractivity contribution is -0.0480. The van der Waals surface area contributed by atoms with Gasteiger partial charge in [-0.2, -0.15) is 0 Å². The van der Waals surface area contributed by atoms with Crippen LogP contribution in [0.5, 0.6) is 0 Å². The second kappa shape index (κ2) is 8.93. The molecule has 0 radical (unpaired) electrons. The average molecular weight is 212 g/mol. The van der Waals surface area contributed by atoms with Crippen molar-refractivity contribution in [1.82, 2.24) is 0 Å². The summed E-state index contributed by atoms with van der Waals surface area (Å²) in [6.07, 6.45) is 13.3. The lowest BCUT2D eigenvalue weighted by Gasteiger charge is -2.07. The van der Waals surface area contributed by atoms with Gasteiger partial charge in [0.2, 0.25) is 0 Å². The highest BCUT2D eigenvalue weighted by molar-refractivity contribution is 4.79. The molecule has 1 heterocycles. The van der Waals surface area contributed by atoms with Crippen LogP contribution in [-0.2, 0) is 9.47 Å². The molecular weight excluding hydrogens is 188 g/mol. The van der Waals surface area contributed by atoms with Crippen LogP contribution in [0.3, 0.4) is 0 Å². The summed E-state index contributed by atoms with van der Waals surface area (Å²) in [4.78, 5) is 0. The van der Waals surface area contributed by atoms with E-state index >= 15 is 0 Å². The predicted molar refractivity (Wildman–Crippen MR) is 62.8 cm³/mol. The Morgan fingerprint density at radius 2 is 1.73 bits per heavy atom. The Morgan fingerprint density at radius 3 is 2.47 bits per heavy atom. The van der Waals surface area contributed by atoms with E-state index in [1.807, 2.05) is 0 Å². The molecule has 15 heavy (non-hydrogen) atoms. The number of allylic oxidation sites excluding steroid dienone is 2. The molecule has 0 atom stereocenters. The maximum absolute atomic E-state index is 5.38. The first-order valence-electron chi connectivity index (χ1n) is 6.31. The number of unbranched alkanes of at least 4 members (excludes halogenated alkanes) is 4. The molecule has 2 nitrogen and oxygen atoms in total. The number of rotatable bonds is 8. The second-order valence-corrected chi connectivity index (χ2v) is 4.04. The fraction of sp³-hybridized carbons (Fsp3) is 0.846. The average Bonchev–Trinajstić information content (AvgIpc) is 2.75. The Labute approximate surface area is 93.7 Å². The molecule has 2 heteroatoms. The molecule has 1 rings (SSSR count). The molecule has 1 aliphatic heterocycles. The highest BCUT2D eigenvalue weighted by atomic mass is 16.7. The fourth-order valence-electron chi connectivity index (χ4n) is 1.79. The summed E-state index contributed by atoms with van der Waals surface area (Å²) in [5.41, 5.74) is 0. The number of ether oxygens (including phenoxy) is 2. The van der Waals surface area contributed by atoms with Gasteiger partial charge >= 0.3 is 0 Å². The van der Waals surface area contributed by atoms with E-state index in [-0.39, 0.29) is 6.29 Å². The predicted octanol–water partition coefficient (Wildman–Crippen LogP) is 3.67. The van der Waals surface area contributed by atoms with Gasteiger partial charge in [-0.1, -0.05) is 31.9 Å². The van der Waals surface area contributed by atoms with Crippen LogP contribution in [-0.4, -0.2) is 19.5 Å². The minimum absolute atomic E-state index is 0.102. The van der Waals surface area contributed by atoms with Gasteiger partial charge in [0.25, 0.3) is 0 Å². The van der Waals surface area contributed by atoms with Gasteiger partial charge in [0.1, 0.15) is 0 Å². The van der Waals surface area contributed by atoms with Crippen LogP contribution in [0.25, 0.3) is 0 Å². The molecule has 0 bridgehead atoms. The lowest BCUT2D eigenvalue weighted by Crippen LogP contribution is -2.06. The van der Waals surface area contributed by atoms with Crippen molar-refractivity contribution < 1.29 is 9.47 Å². The Bertz CT molecular complexity index is 160. The van der Waals surface area contributed by atoms with Crippen molar-refractivity contribution in [3.8, 4) is 0 Å². The van der Waals surface area contributed by atoms with Crippen molar-refractivity contribution in [1.29, 1.82) is 0 Å². The smallest absolute Gasteiger partial charge is 0.157 e. The third-order valence-electron chi connectivity index (χ3n) is 2.65. The van der Waals surface area contributed by atoms with Gasteiger partial charge in [-0.25, -0.2) is 0 Å². The molecule has 1 saturated heterocycles. The zero-order chi connectivity index (χ0) is 10.8. The zero-order valence-corrected chi connectivity index (χ0v) is 9.91. The van der Waals surface area contributed by atoms with Gasteiger partial charge < -0.3 is 9.47 Å². The largest absolute Gasteiger partial charge is 0.350 e. The van der Waals surface area contributed by atoms with Crippen LogP contribution < -0.4 is 0 Å². The number of hydrogen-bond donors (Lipinski definition) is 0. The van der Waals surface area contributed by atoms with Crippen LogP contribution in [0, 0.1) is 0 Å². The van der Waals surface area contributed by atoms with Crippen molar-refractivity contribution in [2.75, 3.05) is 13.2 Å². The summed E-state index contributed by atoms with van der Waals surface area (Å²) >= 11 is 0. The van der Waals surface area contributed by atoms with E-state index in [0.29, 0.717) is 0 Å². The van der Waals surface area contributed by atoms with Crippen LogP contribution in [0.1, 0.15) is 51.9 Å². The molecule has 1 aliphatic rings. The lowest BCUT2D eigenvalue weighted by atomic mass is 10.1. The van der Waals surface area contributed by atoms with Gasteiger partial charge in [0, 0.05) is 0 Å². The first kappa shape index (κ1) is 12.7. The van der Waals surface area contributed by atoms with E-state index in [4.69, 9.17) is 9.47 Å². The van der Waals surface area contributed by atoms with Crippen LogP contribution in [0.2, 0.25) is 0 Å². The highest BCUT2D eigenvalue weighted by Gasteiger charge is 2.14. The molecule has 0 aliphatic carbocycles. The van der Waals surface area contributed by atoms with Crippen molar-refractivity contribution in [2.45, 2.75) is 58.2 Å². The topological polar surface area (TPSA) is 18.5 Å². The number of hydrogen-bond acceptors (Lipinski definition) is 2. The summed E-state index contributed by atoms with van der Waals surface area (Å²) in [5, 5.41) is 0. The second-order valence-electron chi connectivity index (χ2n) is 4.04. The SMILES string of the molecule is CC/C=C\CCCCCCC1OCCO1. The summed E-state index contributed by atoms with van der Waals surface area (Å²) < 4.78 is 10.8. The molecule has 0 aromatic heterocycles. The maximum Gasteiger partial charge on any atom is 0.157 e. The zero-order valence-electron chi connectivity index (χ0n) is 9.91. The first-order valence-corrected chi connectivity index (χ1v) is 6.31. The third kappa shape index (κ3) is 6.69.